The lowest BCUT2D eigenvalue weighted by Gasteiger charge is -2.19. The lowest BCUT2D eigenvalue weighted by Crippen LogP contribution is -2.20. The summed E-state index contributed by atoms with van der Waals surface area (Å²) in [6, 6.07) is 14.3. The van der Waals surface area contributed by atoms with E-state index in [0.29, 0.717) is 18.1 Å². The fraction of sp³-hybridized carbons (Fsp3) is 0.278. The third-order valence-corrected chi connectivity index (χ3v) is 4.06. The molecule has 0 saturated carbocycles. The summed E-state index contributed by atoms with van der Waals surface area (Å²) in [5.41, 5.74) is 8.40. The van der Waals surface area contributed by atoms with Gasteiger partial charge in [0, 0.05) is 0 Å². The van der Waals surface area contributed by atoms with E-state index in [1.165, 1.54) is 0 Å². The van der Waals surface area contributed by atoms with Crippen LogP contribution in [-0.4, -0.2) is 26.8 Å². The van der Waals surface area contributed by atoms with Crippen LogP contribution in [0.1, 0.15) is 12.5 Å². The van der Waals surface area contributed by atoms with E-state index in [2.05, 4.69) is 17.1 Å². The van der Waals surface area contributed by atoms with Gasteiger partial charge in [0.1, 0.15) is 12.1 Å². The Balaban J connectivity index is 2.00. The molecular weight excluding hydrogens is 292 g/mol. The highest BCUT2D eigenvalue weighted by Crippen LogP contribution is 2.35. The first-order valence-corrected chi connectivity index (χ1v) is 7.37. The largest absolute Gasteiger partial charge is 0.493 e. The molecular formula is C18H20N2O3. The van der Waals surface area contributed by atoms with E-state index < -0.39 is 5.54 Å². The van der Waals surface area contributed by atoms with Crippen LogP contribution in [-0.2, 0) is 10.3 Å². The van der Waals surface area contributed by atoms with Crippen molar-refractivity contribution < 1.29 is 14.2 Å². The molecule has 0 saturated heterocycles. The van der Waals surface area contributed by atoms with E-state index in [9.17, 15) is 0 Å². The Labute approximate surface area is 135 Å². The highest BCUT2D eigenvalue weighted by atomic mass is 16.5. The second kappa shape index (κ2) is 5.83. The molecule has 0 amide bonds. The molecule has 1 aliphatic rings. The minimum atomic E-state index is -0.448. The Morgan fingerprint density at radius 1 is 1.04 bits per heavy atom. The average Bonchev–Trinajstić information content (AvgIpc) is 2.94. The third-order valence-electron chi connectivity index (χ3n) is 4.06. The van der Waals surface area contributed by atoms with Crippen LogP contribution in [0.2, 0.25) is 0 Å². The fourth-order valence-electron chi connectivity index (χ4n) is 2.72. The van der Waals surface area contributed by atoms with Crippen LogP contribution >= 0.6 is 0 Å². The SMILES string of the molecule is COc1ccc(-c2cccc(C3(C)COC(N)=N3)c2)cc1OC. The molecule has 5 heteroatoms. The quantitative estimate of drug-likeness (QED) is 0.942. The summed E-state index contributed by atoms with van der Waals surface area (Å²) in [4.78, 5) is 4.41. The maximum atomic E-state index is 5.66. The number of aliphatic imine (C=N–C) groups is 1. The Bertz CT molecular complexity index is 758. The summed E-state index contributed by atoms with van der Waals surface area (Å²) in [5, 5.41) is 0. The molecule has 0 aromatic heterocycles. The molecule has 5 nitrogen and oxygen atoms in total. The van der Waals surface area contributed by atoms with Crippen molar-refractivity contribution in [2.75, 3.05) is 20.8 Å². The number of nitrogens with two attached hydrogens (primary N) is 1. The zero-order valence-electron chi connectivity index (χ0n) is 13.5. The van der Waals surface area contributed by atoms with E-state index >= 15 is 0 Å². The van der Waals surface area contributed by atoms with E-state index in [1.54, 1.807) is 14.2 Å². The van der Waals surface area contributed by atoms with Crippen molar-refractivity contribution in [3.63, 3.8) is 0 Å². The summed E-state index contributed by atoms with van der Waals surface area (Å²) in [6.45, 7) is 2.47. The van der Waals surface area contributed by atoms with Gasteiger partial charge in [0.2, 0.25) is 0 Å². The van der Waals surface area contributed by atoms with Crippen LogP contribution in [0.5, 0.6) is 11.5 Å². The Morgan fingerprint density at radius 2 is 1.78 bits per heavy atom. The predicted octanol–water partition coefficient (Wildman–Crippen LogP) is 2.93. The molecule has 2 aromatic rings. The molecule has 0 fully saturated rings. The van der Waals surface area contributed by atoms with Gasteiger partial charge in [-0.2, -0.15) is 0 Å². The van der Waals surface area contributed by atoms with Crippen LogP contribution in [0.15, 0.2) is 47.5 Å². The van der Waals surface area contributed by atoms with Gasteiger partial charge >= 0.3 is 0 Å². The van der Waals surface area contributed by atoms with E-state index in [1.807, 2.05) is 37.3 Å². The number of benzene rings is 2. The van der Waals surface area contributed by atoms with E-state index in [-0.39, 0.29) is 6.02 Å². The topological polar surface area (TPSA) is 66.1 Å². The van der Waals surface area contributed by atoms with Gasteiger partial charge < -0.3 is 19.9 Å². The van der Waals surface area contributed by atoms with Gasteiger partial charge in [0.25, 0.3) is 6.02 Å². The number of methoxy groups -OCH3 is 2. The molecule has 1 heterocycles. The first-order chi connectivity index (χ1) is 11.1. The Morgan fingerprint density at radius 3 is 2.43 bits per heavy atom. The Kier molecular flexibility index (Phi) is 3.86. The molecule has 2 aromatic carbocycles. The van der Waals surface area contributed by atoms with Gasteiger partial charge in [0.05, 0.1) is 14.2 Å². The molecule has 23 heavy (non-hydrogen) atoms. The molecule has 0 bridgehead atoms. The monoisotopic (exact) mass is 312 g/mol. The van der Waals surface area contributed by atoms with Gasteiger partial charge in [0.15, 0.2) is 11.5 Å². The van der Waals surface area contributed by atoms with Crippen molar-refractivity contribution in [3.8, 4) is 22.6 Å². The van der Waals surface area contributed by atoms with Crippen molar-refractivity contribution in [3.05, 3.63) is 48.0 Å². The van der Waals surface area contributed by atoms with Crippen molar-refractivity contribution in [1.82, 2.24) is 0 Å². The van der Waals surface area contributed by atoms with Gasteiger partial charge in [-0.3, -0.25) is 0 Å². The maximum absolute atomic E-state index is 5.66. The molecule has 3 rings (SSSR count). The molecule has 0 aliphatic carbocycles. The summed E-state index contributed by atoms with van der Waals surface area (Å²) in [5.74, 6) is 1.41. The maximum Gasteiger partial charge on any atom is 0.283 e. The number of nitrogens with zero attached hydrogens (tertiary/aromatic N) is 1. The molecule has 2 N–H and O–H groups in total. The minimum absolute atomic E-state index is 0.240. The zero-order chi connectivity index (χ0) is 16.4. The second-order valence-corrected chi connectivity index (χ2v) is 5.66. The highest BCUT2D eigenvalue weighted by Gasteiger charge is 2.32. The normalized spacial score (nSPS) is 19.9. The molecule has 1 aliphatic heterocycles. The molecule has 1 unspecified atom stereocenters. The van der Waals surface area contributed by atoms with Gasteiger partial charge in [-0.15, -0.1) is 0 Å². The molecule has 1 atom stereocenters. The minimum Gasteiger partial charge on any atom is -0.493 e. The van der Waals surface area contributed by atoms with Crippen molar-refractivity contribution in [2.45, 2.75) is 12.5 Å². The summed E-state index contributed by atoms with van der Waals surface area (Å²) >= 11 is 0. The smallest absolute Gasteiger partial charge is 0.283 e. The number of amidine groups is 1. The van der Waals surface area contributed by atoms with Crippen LogP contribution in [0, 0.1) is 0 Å². The summed E-state index contributed by atoms with van der Waals surface area (Å²) in [7, 11) is 3.26. The van der Waals surface area contributed by atoms with Crippen LogP contribution in [0.25, 0.3) is 11.1 Å². The second-order valence-electron chi connectivity index (χ2n) is 5.66. The molecule has 0 radical (unpaired) electrons. The van der Waals surface area contributed by atoms with E-state index in [0.717, 1.165) is 16.7 Å². The fourth-order valence-corrected chi connectivity index (χ4v) is 2.72. The first kappa shape index (κ1) is 15.2. The zero-order valence-corrected chi connectivity index (χ0v) is 13.5. The van der Waals surface area contributed by atoms with Crippen molar-refractivity contribution in [2.24, 2.45) is 10.7 Å². The third kappa shape index (κ3) is 2.82. The number of hydrogen-bond donors (Lipinski definition) is 1. The molecule has 0 spiro atoms. The van der Waals surface area contributed by atoms with Crippen LogP contribution < -0.4 is 15.2 Å². The summed E-state index contributed by atoms with van der Waals surface area (Å²) < 4.78 is 16.0. The lowest BCUT2D eigenvalue weighted by molar-refractivity contribution is 0.266. The average molecular weight is 312 g/mol. The van der Waals surface area contributed by atoms with Gasteiger partial charge in [-0.05, 0) is 41.8 Å². The number of ether oxygens (including phenoxy) is 3. The van der Waals surface area contributed by atoms with E-state index in [4.69, 9.17) is 19.9 Å². The number of hydrogen-bond acceptors (Lipinski definition) is 5. The van der Waals surface area contributed by atoms with Crippen LogP contribution in [0.4, 0.5) is 0 Å². The Hall–Kier alpha value is -2.69. The van der Waals surface area contributed by atoms with Gasteiger partial charge in [-0.25, -0.2) is 4.99 Å². The van der Waals surface area contributed by atoms with Crippen molar-refractivity contribution >= 4 is 6.02 Å². The standard InChI is InChI=1S/C18H20N2O3/c1-18(11-23-17(19)20-18)14-6-4-5-12(9-14)13-7-8-15(21-2)16(10-13)22-3/h4-10H,11H2,1-3H3,(H2,19,20). The van der Waals surface area contributed by atoms with Crippen LogP contribution in [0.3, 0.4) is 0 Å². The molecule has 120 valence electrons. The van der Waals surface area contributed by atoms with Gasteiger partial charge in [-0.1, -0.05) is 24.3 Å². The lowest BCUT2D eigenvalue weighted by atomic mass is 9.91. The summed E-state index contributed by atoms with van der Waals surface area (Å²) in [6.07, 6.45) is 0. The van der Waals surface area contributed by atoms with Crippen molar-refractivity contribution in [1.29, 1.82) is 0 Å². The number of rotatable bonds is 4. The predicted molar refractivity (Wildman–Crippen MR) is 89.9 cm³/mol. The first-order valence-electron chi connectivity index (χ1n) is 7.37. The highest BCUT2D eigenvalue weighted by molar-refractivity contribution is 5.74.